The molecule has 0 spiro atoms. The van der Waals surface area contributed by atoms with E-state index in [1.807, 2.05) is 0 Å². The quantitative estimate of drug-likeness (QED) is 0.344. The molecule has 0 saturated heterocycles. The second kappa shape index (κ2) is 10.4. The number of hydrogen-bond donors (Lipinski definition) is 3. The fraction of sp³-hybridized carbons (Fsp3) is 0.417. The number of alkyl halides is 3. The number of nitrogens with one attached hydrogen (secondary N) is 1. The lowest BCUT2D eigenvalue weighted by molar-refractivity contribution is -0.187. The summed E-state index contributed by atoms with van der Waals surface area (Å²) in [6.45, 7) is 7.89. The first-order valence-corrected chi connectivity index (χ1v) is 12.8. The average Bonchev–Trinajstić information content (AvgIpc) is 3.38. The van der Waals surface area contributed by atoms with E-state index in [1.165, 1.54) is 23.5 Å². The normalized spacial score (nSPS) is 14.9. The van der Waals surface area contributed by atoms with Gasteiger partial charge in [0.05, 0.1) is 35.2 Å². The van der Waals surface area contributed by atoms with E-state index in [0.29, 0.717) is 22.2 Å². The highest BCUT2D eigenvalue weighted by Crippen LogP contribution is 2.48. The van der Waals surface area contributed by atoms with Crippen LogP contribution in [0.2, 0.25) is 5.11 Å². The number of aromatic nitrogens is 3. The number of nitrogens with zero attached hydrogens (tertiary/aromatic N) is 3. The molecule has 1 aromatic carbocycles. The summed E-state index contributed by atoms with van der Waals surface area (Å²) in [4.78, 5) is 25.2. The first-order valence-electron chi connectivity index (χ1n) is 12.8. The number of carbonyl (C=O) groups excluding carboxylic acids is 2. The predicted molar refractivity (Wildman–Crippen MR) is 158 cm³/mol. The van der Waals surface area contributed by atoms with Crippen LogP contribution in [0.15, 0.2) is 34.9 Å². The lowest BCUT2D eigenvalue weighted by Crippen LogP contribution is -2.58. The molecule has 3 rings (SSSR count). The van der Waals surface area contributed by atoms with Crippen molar-refractivity contribution in [3.63, 3.8) is 0 Å². The summed E-state index contributed by atoms with van der Waals surface area (Å²) < 4.78 is 49.0. The Labute approximate surface area is 234 Å². The zero-order valence-electron chi connectivity index (χ0n) is 24.0. The SMILES string of the molecule is BC(B)(B)C(B)(n1nc(-c2ccc(C(C)C(=O)Nc3cc(CC(C)(C)C)no3)cc2)c(C(N)=O)c1N)C(F)(F)F. The molecule has 2 heterocycles. The fourth-order valence-corrected chi connectivity index (χ4v) is 4.39. The maximum absolute atomic E-state index is 14.4. The number of amides is 2. The summed E-state index contributed by atoms with van der Waals surface area (Å²) in [6.07, 6.45) is -4.07. The number of carbonyl (C=O) groups is 2. The maximum Gasteiger partial charge on any atom is 0.404 e. The van der Waals surface area contributed by atoms with Gasteiger partial charge in [-0.3, -0.25) is 14.9 Å². The minimum atomic E-state index is -4.75. The molecule has 0 aliphatic carbocycles. The maximum atomic E-state index is 14.4. The second-order valence-electron chi connectivity index (χ2n) is 12.5. The average molecular weight is 554 g/mol. The number of hydrogen-bond acceptors (Lipinski definition) is 6. The van der Waals surface area contributed by atoms with Crippen molar-refractivity contribution in [2.45, 2.75) is 56.8 Å². The smallest absolute Gasteiger partial charge is 0.383 e. The van der Waals surface area contributed by atoms with Crippen molar-refractivity contribution in [3.05, 3.63) is 47.2 Å². The van der Waals surface area contributed by atoms with Gasteiger partial charge in [-0.1, -0.05) is 55.3 Å². The van der Waals surface area contributed by atoms with Crippen LogP contribution in [0.25, 0.3) is 11.3 Å². The first-order chi connectivity index (χ1) is 18.2. The van der Waals surface area contributed by atoms with E-state index in [1.54, 1.807) is 37.3 Å². The van der Waals surface area contributed by atoms with Crippen molar-refractivity contribution < 1.29 is 27.3 Å². The highest BCUT2D eigenvalue weighted by molar-refractivity contribution is 6.62. The Hall–Kier alpha value is -3.57. The van der Waals surface area contributed by atoms with Crippen LogP contribution in [-0.4, -0.2) is 64.3 Å². The third-order valence-corrected chi connectivity index (χ3v) is 7.20. The van der Waals surface area contributed by atoms with Crippen LogP contribution in [0, 0.1) is 5.41 Å². The molecule has 16 heteroatoms. The van der Waals surface area contributed by atoms with Gasteiger partial charge in [0.15, 0.2) is 0 Å². The van der Waals surface area contributed by atoms with Crippen molar-refractivity contribution >= 4 is 54.9 Å². The minimum absolute atomic E-state index is 0.000180. The number of nitrogens with two attached hydrogens (primary N) is 2. The van der Waals surface area contributed by atoms with Crippen LogP contribution in [0.3, 0.4) is 0 Å². The molecule has 0 bridgehead atoms. The molecule has 2 aromatic heterocycles. The topological polar surface area (TPSA) is 142 Å². The lowest BCUT2D eigenvalue weighted by Gasteiger charge is -2.44. The summed E-state index contributed by atoms with van der Waals surface area (Å²) in [7, 11) is 5.22. The number of rotatable bonds is 8. The molecular formula is C24H33B4F3N6O3. The number of halogens is 3. The van der Waals surface area contributed by atoms with Gasteiger partial charge >= 0.3 is 6.18 Å². The Morgan fingerprint density at radius 3 is 2.15 bits per heavy atom. The summed E-state index contributed by atoms with van der Waals surface area (Å²) >= 11 is 0. The fourth-order valence-electron chi connectivity index (χ4n) is 4.39. The molecule has 0 fully saturated rings. The molecule has 5 N–H and O–H groups in total. The largest absolute Gasteiger partial charge is 0.404 e. The van der Waals surface area contributed by atoms with E-state index >= 15 is 0 Å². The summed E-state index contributed by atoms with van der Waals surface area (Å²) in [5.74, 6) is -2.22. The Bertz CT molecular complexity index is 1400. The van der Waals surface area contributed by atoms with Gasteiger partial charge in [0.2, 0.25) is 11.8 Å². The second-order valence-corrected chi connectivity index (χ2v) is 12.5. The molecule has 210 valence electrons. The third-order valence-electron chi connectivity index (χ3n) is 7.20. The van der Waals surface area contributed by atoms with Crippen molar-refractivity contribution in [3.8, 4) is 11.3 Å². The van der Waals surface area contributed by atoms with E-state index in [-0.39, 0.29) is 28.5 Å². The van der Waals surface area contributed by atoms with Gasteiger partial charge in [-0.05, 0) is 24.3 Å². The van der Waals surface area contributed by atoms with Gasteiger partial charge in [-0.2, -0.15) is 18.3 Å². The zero-order chi connectivity index (χ0) is 30.4. The number of anilines is 2. The Morgan fingerprint density at radius 1 is 1.10 bits per heavy atom. The van der Waals surface area contributed by atoms with E-state index in [4.69, 9.17) is 16.0 Å². The standard InChI is InChI=1S/C24H33B4F3N6O3/c1-11(20(39)34-15-9-14(36-40-15)10-21(2,3)4)12-5-7-13(8-6-12)17-16(19(33)38)18(32)37(35-17)22(25,23(26,27)28)24(29,30)31/h5-9,11H,10,25-28,32H2,1-4H3,(H2,33,38)(H,34,39). The van der Waals surface area contributed by atoms with E-state index < -0.39 is 34.4 Å². The zero-order valence-corrected chi connectivity index (χ0v) is 24.0. The molecule has 2 amide bonds. The summed E-state index contributed by atoms with van der Waals surface area (Å²) in [6, 6.07) is 8.03. The Morgan fingerprint density at radius 2 is 1.68 bits per heavy atom. The van der Waals surface area contributed by atoms with Gasteiger partial charge in [-0.25, -0.2) is 4.68 Å². The molecule has 40 heavy (non-hydrogen) atoms. The van der Waals surface area contributed by atoms with Crippen LogP contribution >= 0.6 is 0 Å². The number of benzene rings is 1. The molecule has 9 nitrogen and oxygen atoms in total. The number of primary amides is 1. The van der Waals surface area contributed by atoms with Crippen molar-refractivity contribution in [1.82, 2.24) is 14.9 Å². The highest BCUT2D eigenvalue weighted by atomic mass is 19.4. The molecule has 2 unspecified atom stereocenters. The number of nitrogen functional groups attached to an aromatic ring is 1. The summed E-state index contributed by atoms with van der Waals surface area (Å²) in [5.41, 5.74) is 10.3. The van der Waals surface area contributed by atoms with Gasteiger partial charge in [0.25, 0.3) is 5.91 Å². The van der Waals surface area contributed by atoms with Gasteiger partial charge < -0.3 is 16.0 Å². The van der Waals surface area contributed by atoms with E-state index in [0.717, 1.165) is 13.5 Å². The predicted octanol–water partition coefficient (Wildman–Crippen LogP) is 0.371. The van der Waals surface area contributed by atoms with Crippen LogP contribution in [0.1, 0.15) is 55.2 Å². The Balaban J connectivity index is 1.92. The van der Waals surface area contributed by atoms with Crippen molar-refractivity contribution in [2.75, 3.05) is 11.1 Å². The monoisotopic (exact) mass is 554 g/mol. The molecule has 3 aromatic rings. The van der Waals surface area contributed by atoms with Crippen molar-refractivity contribution in [1.29, 1.82) is 0 Å². The molecule has 0 aliphatic rings. The van der Waals surface area contributed by atoms with Gasteiger partial charge in [0.1, 0.15) is 30.4 Å². The van der Waals surface area contributed by atoms with E-state index in [2.05, 4.69) is 36.3 Å². The summed E-state index contributed by atoms with van der Waals surface area (Å²) in [5, 5.41) is 9.50. The van der Waals surface area contributed by atoms with Crippen LogP contribution in [0.4, 0.5) is 24.9 Å². The lowest BCUT2D eigenvalue weighted by atomic mass is 9.31. The minimum Gasteiger partial charge on any atom is -0.383 e. The van der Waals surface area contributed by atoms with Gasteiger partial charge in [0, 0.05) is 11.6 Å². The molecular weight excluding hydrogens is 521 g/mol. The van der Waals surface area contributed by atoms with Crippen LogP contribution in [0.5, 0.6) is 0 Å². The van der Waals surface area contributed by atoms with Gasteiger partial charge in [-0.15, -0.1) is 0 Å². The highest BCUT2D eigenvalue weighted by Gasteiger charge is 2.60. The van der Waals surface area contributed by atoms with E-state index in [9.17, 15) is 22.8 Å². The molecule has 2 atom stereocenters. The van der Waals surface area contributed by atoms with Crippen LogP contribution in [-0.2, 0) is 16.7 Å². The first kappa shape index (κ1) is 31.0. The van der Waals surface area contributed by atoms with Crippen LogP contribution < -0.4 is 16.8 Å². The molecule has 0 aliphatic heterocycles. The Kier molecular flexibility index (Phi) is 8.08. The van der Waals surface area contributed by atoms with Crippen molar-refractivity contribution in [2.24, 2.45) is 11.1 Å². The molecule has 0 radical (unpaired) electrons. The molecule has 0 saturated carbocycles. The third kappa shape index (κ3) is 5.95.